The molecule has 1 aliphatic carbocycles. The number of anilines is 1. The molecule has 2 aromatic rings. The normalized spacial score (nSPS) is 23.0. The zero-order chi connectivity index (χ0) is 18.7. The molecule has 2 unspecified atom stereocenters. The summed E-state index contributed by atoms with van der Waals surface area (Å²) in [5, 5.41) is 11.9. The molecule has 0 spiro atoms. The fourth-order valence-electron chi connectivity index (χ4n) is 4.20. The Labute approximate surface area is 160 Å². The van der Waals surface area contributed by atoms with E-state index in [1.165, 1.54) is 23.4 Å². The van der Waals surface area contributed by atoms with E-state index in [4.69, 9.17) is 11.6 Å². The van der Waals surface area contributed by atoms with Gasteiger partial charge in [-0.2, -0.15) is 0 Å². The summed E-state index contributed by atoms with van der Waals surface area (Å²) in [7, 11) is 4.09. The second kappa shape index (κ2) is 7.98. The molecule has 2 nitrogen and oxygen atoms in total. The minimum Gasteiger partial charge on any atom is -0.389 e. The molecule has 1 aliphatic rings. The number of halogens is 2. The molecule has 0 saturated heterocycles. The van der Waals surface area contributed by atoms with Crippen molar-refractivity contribution in [3.05, 3.63) is 64.4 Å². The number of rotatable bonds is 5. The molecule has 0 aromatic heterocycles. The molecule has 1 N–H and O–H groups in total. The van der Waals surface area contributed by atoms with Crippen molar-refractivity contribution in [1.29, 1.82) is 0 Å². The molecule has 1 saturated carbocycles. The smallest absolute Gasteiger partial charge is 0.124 e. The van der Waals surface area contributed by atoms with Crippen molar-refractivity contribution in [3.63, 3.8) is 0 Å². The van der Waals surface area contributed by atoms with E-state index >= 15 is 0 Å². The summed E-state index contributed by atoms with van der Waals surface area (Å²) in [4.78, 5) is 2.12. The van der Waals surface area contributed by atoms with Crippen LogP contribution in [0, 0.1) is 11.7 Å². The van der Waals surface area contributed by atoms with Crippen molar-refractivity contribution < 1.29 is 9.50 Å². The Kier molecular flexibility index (Phi) is 5.89. The Morgan fingerprint density at radius 3 is 2.65 bits per heavy atom. The van der Waals surface area contributed by atoms with Crippen LogP contribution in [0.15, 0.2) is 42.5 Å². The summed E-state index contributed by atoms with van der Waals surface area (Å²) in [6, 6.07) is 12.8. The van der Waals surface area contributed by atoms with E-state index in [2.05, 4.69) is 23.1 Å². The highest BCUT2D eigenvalue weighted by Gasteiger charge is 2.39. The van der Waals surface area contributed by atoms with E-state index in [0.29, 0.717) is 11.4 Å². The molecule has 3 rings (SSSR count). The predicted octanol–water partition coefficient (Wildman–Crippen LogP) is 5.25. The van der Waals surface area contributed by atoms with Gasteiger partial charge in [0.1, 0.15) is 5.82 Å². The van der Waals surface area contributed by atoms with Gasteiger partial charge in [0.25, 0.3) is 0 Å². The van der Waals surface area contributed by atoms with E-state index in [-0.39, 0.29) is 11.7 Å². The van der Waals surface area contributed by atoms with Gasteiger partial charge in [-0.05, 0) is 54.5 Å². The van der Waals surface area contributed by atoms with Crippen LogP contribution in [0.25, 0.3) is 0 Å². The second-order valence-electron chi connectivity index (χ2n) is 7.69. The second-order valence-corrected chi connectivity index (χ2v) is 8.09. The number of benzene rings is 2. The number of aliphatic hydroxyl groups is 1. The van der Waals surface area contributed by atoms with Crippen LogP contribution in [0.5, 0.6) is 0 Å². The molecule has 0 amide bonds. The lowest BCUT2D eigenvalue weighted by molar-refractivity contribution is -0.0476. The van der Waals surface area contributed by atoms with Gasteiger partial charge >= 0.3 is 0 Å². The van der Waals surface area contributed by atoms with Gasteiger partial charge in [-0.15, -0.1) is 0 Å². The maximum atomic E-state index is 13.4. The number of nitrogens with zero attached hydrogens (tertiary/aromatic N) is 1. The fraction of sp³-hybridized carbons (Fsp3) is 0.455. The van der Waals surface area contributed by atoms with Gasteiger partial charge in [-0.1, -0.05) is 48.7 Å². The molecule has 0 bridgehead atoms. The Morgan fingerprint density at radius 2 is 1.92 bits per heavy atom. The van der Waals surface area contributed by atoms with E-state index in [0.717, 1.165) is 37.7 Å². The first-order valence-corrected chi connectivity index (χ1v) is 9.68. The van der Waals surface area contributed by atoms with E-state index < -0.39 is 5.60 Å². The van der Waals surface area contributed by atoms with Crippen molar-refractivity contribution >= 4 is 17.3 Å². The molecular formula is C22H27ClFNO. The average Bonchev–Trinajstić information content (AvgIpc) is 2.60. The fourth-order valence-corrected chi connectivity index (χ4v) is 4.43. The highest BCUT2D eigenvalue weighted by molar-refractivity contribution is 6.31. The third-order valence-electron chi connectivity index (χ3n) is 5.62. The summed E-state index contributed by atoms with van der Waals surface area (Å²) >= 11 is 6.23. The molecule has 0 aliphatic heterocycles. The molecule has 26 heavy (non-hydrogen) atoms. The SMILES string of the molecule is CN(C)c1ccccc1CC1CCCCC1(O)Cc1ccc(F)cc1Cl. The Balaban J connectivity index is 1.85. The van der Waals surface area contributed by atoms with Crippen LogP contribution in [0.3, 0.4) is 0 Å². The van der Waals surface area contributed by atoms with Gasteiger partial charge < -0.3 is 10.0 Å². The summed E-state index contributed by atoms with van der Waals surface area (Å²) in [5.41, 5.74) is 2.47. The first kappa shape index (κ1) is 19.2. The van der Waals surface area contributed by atoms with Crippen molar-refractivity contribution in [2.75, 3.05) is 19.0 Å². The van der Waals surface area contributed by atoms with Crippen molar-refractivity contribution in [2.45, 2.75) is 44.1 Å². The lowest BCUT2D eigenvalue weighted by atomic mass is 9.70. The molecule has 4 heteroatoms. The predicted molar refractivity (Wildman–Crippen MR) is 106 cm³/mol. The van der Waals surface area contributed by atoms with E-state index in [1.54, 1.807) is 6.07 Å². The zero-order valence-electron chi connectivity index (χ0n) is 15.5. The van der Waals surface area contributed by atoms with Crippen LogP contribution in [0.1, 0.15) is 36.8 Å². The van der Waals surface area contributed by atoms with E-state index in [1.807, 2.05) is 20.2 Å². The summed E-state index contributed by atoms with van der Waals surface area (Å²) < 4.78 is 13.4. The van der Waals surface area contributed by atoms with Crippen LogP contribution < -0.4 is 4.90 Å². The maximum Gasteiger partial charge on any atom is 0.124 e. The third kappa shape index (κ3) is 4.21. The molecular weight excluding hydrogens is 349 g/mol. The van der Waals surface area contributed by atoms with Crippen molar-refractivity contribution in [2.24, 2.45) is 5.92 Å². The van der Waals surface area contributed by atoms with Crippen LogP contribution in [0.4, 0.5) is 10.1 Å². The average molecular weight is 376 g/mol. The Hall–Kier alpha value is -1.58. The number of hydrogen-bond donors (Lipinski definition) is 1. The van der Waals surface area contributed by atoms with Crippen molar-refractivity contribution in [3.8, 4) is 0 Å². The third-order valence-corrected chi connectivity index (χ3v) is 5.98. The van der Waals surface area contributed by atoms with Gasteiger partial charge in [0.05, 0.1) is 5.60 Å². The largest absolute Gasteiger partial charge is 0.389 e. The first-order chi connectivity index (χ1) is 12.4. The van der Waals surface area contributed by atoms with Gasteiger partial charge in [0.2, 0.25) is 0 Å². The van der Waals surface area contributed by atoms with Crippen LogP contribution in [0.2, 0.25) is 5.02 Å². The molecule has 2 aromatic carbocycles. The minimum absolute atomic E-state index is 0.165. The van der Waals surface area contributed by atoms with Crippen LogP contribution in [-0.2, 0) is 12.8 Å². The van der Waals surface area contributed by atoms with Crippen molar-refractivity contribution in [1.82, 2.24) is 0 Å². The monoisotopic (exact) mass is 375 g/mol. The quantitative estimate of drug-likeness (QED) is 0.771. The Bertz CT molecular complexity index is 764. The molecule has 1 fully saturated rings. The number of hydrogen-bond acceptors (Lipinski definition) is 2. The lowest BCUT2D eigenvalue weighted by Crippen LogP contribution is -2.44. The van der Waals surface area contributed by atoms with Gasteiger partial charge in [-0.3, -0.25) is 0 Å². The minimum atomic E-state index is -0.806. The lowest BCUT2D eigenvalue weighted by Gasteiger charge is -2.41. The molecule has 0 radical (unpaired) electrons. The molecule has 140 valence electrons. The maximum absolute atomic E-state index is 13.4. The molecule has 2 atom stereocenters. The number of para-hydroxylation sites is 1. The van der Waals surface area contributed by atoms with Gasteiger partial charge in [-0.25, -0.2) is 4.39 Å². The topological polar surface area (TPSA) is 23.5 Å². The highest BCUT2D eigenvalue weighted by Crippen LogP contribution is 2.40. The Morgan fingerprint density at radius 1 is 1.15 bits per heavy atom. The summed E-state index contributed by atoms with van der Waals surface area (Å²) in [5.74, 6) is -0.177. The first-order valence-electron chi connectivity index (χ1n) is 9.30. The standard InChI is InChI=1S/C22H27ClFNO/c1-25(2)21-9-4-3-7-16(21)13-18-8-5-6-12-22(18,26)15-17-10-11-19(24)14-20(17)23/h3-4,7,9-11,14,18,26H,5-6,8,12-13,15H2,1-2H3. The highest BCUT2D eigenvalue weighted by atomic mass is 35.5. The van der Waals surface area contributed by atoms with Gasteiger partial charge in [0, 0.05) is 31.2 Å². The summed E-state index contributed by atoms with van der Waals surface area (Å²) in [6.45, 7) is 0. The molecule has 0 heterocycles. The van der Waals surface area contributed by atoms with Crippen LogP contribution in [-0.4, -0.2) is 24.8 Å². The van der Waals surface area contributed by atoms with E-state index in [9.17, 15) is 9.50 Å². The van der Waals surface area contributed by atoms with Gasteiger partial charge in [0.15, 0.2) is 0 Å². The van der Waals surface area contributed by atoms with Crippen LogP contribution >= 0.6 is 11.6 Å². The summed E-state index contributed by atoms with van der Waals surface area (Å²) in [6.07, 6.45) is 5.21. The zero-order valence-corrected chi connectivity index (χ0v) is 16.3.